The van der Waals surface area contributed by atoms with Gasteiger partial charge in [-0.2, -0.15) is 5.10 Å². The molecule has 1 heterocycles. The van der Waals surface area contributed by atoms with Crippen LogP contribution in [-0.4, -0.2) is 49.7 Å². The molecular formula is C25H29N3O5. The molecule has 0 radical (unpaired) electrons. The number of benzene rings is 2. The number of nitrogens with zero attached hydrogens (tertiary/aromatic N) is 2. The van der Waals surface area contributed by atoms with E-state index in [1.807, 2.05) is 43.3 Å². The number of aryl methyl sites for hydroxylation is 1. The number of carbonyl (C=O) groups excluding carboxylic acids is 1. The highest BCUT2D eigenvalue weighted by Gasteiger charge is 2.12. The first-order chi connectivity index (χ1) is 15.9. The van der Waals surface area contributed by atoms with E-state index in [1.54, 1.807) is 57.5 Å². The summed E-state index contributed by atoms with van der Waals surface area (Å²) in [4.78, 5) is 12.9. The zero-order chi connectivity index (χ0) is 23.8. The minimum absolute atomic E-state index is 0.177. The Morgan fingerprint density at radius 3 is 2.21 bits per heavy atom. The van der Waals surface area contributed by atoms with Gasteiger partial charge in [0.05, 0.1) is 20.8 Å². The van der Waals surface area contributed by atoms with E-state index in [2.05, 4.69) is 10.4 Å². The Hall–Kier alpha value is -3.78. The first-order valence-electron chi connectivity index (χ1n) is 10.4. The van der Waals surface area contributed by atoms with Gasteiger partial charge in [0.25, 0.3) is 5.91 Å². The average molecular weight is 452 g/mol. The second-order valence-corrected chi connectivity index (χ2v) is 7.48. The maximum absolute atomic E-state index is 12.9. The standard InChI is InChI=1S/C25H29N3O5/c1-17(16-30-3)33-23-13-18(6-7-19-11-21(31-4)15-22(12-19)32-5)10-20(14-23)25(29)26-24-8-9-28(2)27-24/h6-15,17H,16H2,1-5H3,(H,26,27,29)/t17-/m0/s1. The van der Waals surface area contributed by atoms with Crippen LogP contribution < -0.4 is 19.5 Å². The number of ether oxygens (including phenoxy) is 4. The molecule has 8 nitrogen and oxygen atoms in total. The SMILES string of the molecule is COC[C@H](C)Oc1cc(C=Cc2cc(OC)cc(OC)c2)cc(C(=O)Nc2ccn(C)n2)c1. The summed E-state index contributed by atoms with van der Waals surface area (Å²) in [5.74, 6) is 2.14. The molecule has 0 saturated heterocycles. The van der Waals surface area contributed by atoms with Crippen LogP contribution in [0.15, 0.2) is 48.7 Å². The number of aromatic nitrogens is 2. The Morgan fingerprint density at radius 1 is 1.00 bits per heavy atom. The van der Waals surface area contributed by atoms with Gasteiger partial charge in [0, 0.05) is 38.1 Å². The summed E-state index contributed by atoms with van der Waals surface area (Å²) in [6.45, 7) is 2.33. The van der Waals surface area contributed by atoms with E-state index >= 15 is 0 Å². The van der Waals surface area contributed by atoms with Crippen LogP contribution in [0, 0.1) is 0 Å². The van der Waals surface area contributed by atoms with Crippen molar-refractivity contribution in [3.63, 3.8) is 0 Å². The molecule has 0 aliphatic heterocycles. The lowest BCUT2D eigenvalue weighted by Crippen LogP contribution is -2.19. The summed E-state index contributed by atoms with van der Waals surface area (Å²) in [5, 5.41) is 7.01. The van der Waals surface area contributed by atoms with Crippen LogP contribution in [0.4, 0.5) is 5.82 Å². The number of hydrogen-bond acceptors (Lipinski definition) is 6. The number of anilines is 1. The molecule has 0 fully saturated rings. The highest BCUT2D eigenvalue weighted by molar-refractivity contribution is 6.04. The molecule has 2 aromatic carbocycles. The molecule has 1 aromatic heterocycles. The lowest BCUT2D eigenvalue weighted by molar-refractivity contribution is 0.0917. The van der Waals surface area contributed by atoms with Crippen molar-refractivity contribution < 1.29 is 23.7 Å². The summed E-state index contributed by atoms with van der Waals surface area (Å²) in [6, 6.07) is 12.7. The van der Waals surface area contributed by atoms with Gasteiger partial charge >= 0.3 is 0 Å². The molecule has 0 saturated carbocycles. The highest BCUT2D eigenvalue weighted by atomic mass is 16.5. The Morgan fingerprint density at radius 2 is 1.64 bits per heavy atom. The van der Waals surface area contributed by atoms with Crippen LogP contribution >= 0.6 is 0 Å². The summed E-state index contributed by atoms with van der Waals surface area (Å²) in [7, 11) is 6.62. The molecule has 1 amide bonds. The fourth-order valence-corrected chi connectivity index (χ4v) is 3.21. The molecule has 33 heavy (non-hydrogen) atoms. The van der Waals surface area contributed by atoms with E-state index < -0.39 is 0 Å². The van der Waals surface area contributed by atoms with Gasteiger partial charge in [-0.1, -0.05) is 12.2 Å². The van der Waals surface area contributed by atoms with Crippen molar-refractivity contribution >= 4 is 23.9 Å². The van der Waals surface area contributed by atoms with Gasteiger partial charge in [0.15, 0.2) is 5.82 Å². The van der Waals surface area contributed by atoms with Crippen LogP contribution in [0.25, 0.3) is 12.2 Å². The van der Waals surface area contributed by atoms with Crippen LogP contribution in [0.5, 0.6) is 17.2 Å². The van der Waals surface area contributed by atoms with Gasteiger partial charge in [0.1, 0.15) is 23.4 Å². The van der Waals surface area contributed by atoms with Gasteiger partial charge in [-0.3, -0.25) is 9.48 Å². The molecule has 3 aromatic rings. The highest BCUT2D eigenvalue weighted by Crippen LogP contribution is 2.25. The minimum Gasteiger partial charge on any atom is -0.497 e. The molecule has 0 bridgehead atoms. The van der Waals surface area contributed by atoms with Crippen molar-refractivity contribution in [1.29, 1.82) is 0 Å². The first kappa shape index (κ1) is 23.9. The van der Waals surface area contributed by atoms with Crippen LogP contribution in [0.2, 0.25) is 0 Å². The normalized spacial score (nSPS) is 11.9. The maximum atomic E-state index is 12.9. The Kier molecular flexibility index (Phi) is 8.10. The van der Waals surface area contributed by atoms with Gasteiger partial charge < -0.3 is 24.3 Å². The fraction of sp³-hybridized carbons (Fsp3) is 0.280. The zero-order valence-corrected chi connectivity index (χ0v) is 19.5. The number of hydrogen-bond donors (Lipinski definition) is 1. The predicted molar refractivity (Wildman–Crippen MR) is 128 cm³/mol. The van der Waals surface area contributed by atoms with E-state index in [0.29, 0.717) is 35.2 Å². The van der Waals surface area contributed by atoms with E-state index in [4.69, 9.17) is 18.9 Å². The van der Waals surface area contributed by atoms with Gasteiger partial charge in [-0.25, -0.2) is 0 Å². The monoisotopic (exact) mass is 451 g/mol. The zero-order valence-electron chi connectivity index (χ0n) is 19.5. The smallest absolute Gasteiger partial charge is 0.257 e. The van der Waals surface area contributed by atoms with Gasteiger partial charge in [0.2, 0.25) is 0 Å². The van der Waals surface area contributed by atoms with Crippen LogP contribution in [-0.2, 0) is 11.8 Å². The Labute approximate surface area is 193 Å². The minimum atomic E-state index is -0.281. The van der Waals surface area contributed by atoms with Gasteiger partial charge in [-0.15, -0.1) is 0 Å². The summed E-state index contributed by atoms with van der Waals surface area (Å²) < 4.78 is 23.4. The molecule has 3 rings (SSSR count). The molecule has 8 heteroatoms. The number of carbonyl (C=O) groups is 1. The van der Waals surface area contributed by atoms with Crippen LogP contribution in [0.3, 0.4) is 0 Å². The number of amides is 1. The molecule has 1 N–H and O–H groups in total. The largest absolute Gasteiger partial charge is 0.497 e. The van der Waals surface area contributed by atoms with E-state index in [-0.39, 0.29) is 12.0 Å². The van der Waals surface area contributed by atoms with Crippen molar-refractivity contribution in [2.24, 2.45) is 7.05 Å². The van der Waals surface area contributed by atoms with Crippen molar-refractivity contribution in [1.82, 2.24) is 9.78 Å². The summed E-state index contributed by atoms with van der Waals surface area (Å²) in [5.41, 5.74) is 2.14. The van der Waals surface area contributed by atoms with Crippen molar-refractivity contribution in [2.75, 3.05) is 33.3 Å². The van der Waals surface area contributed by atoms with E-state index in [0.717, 1.165) is 11.1 Å². The Balaban J connectivity index is 1.91. The molecule has 0 aliphatic rings. The third-order valence-corrected chi connectivity index (χ3v) is 4.73. The molecule has 0 aliphatic carbocycles. The van der Waals surface area contributed by atoms with Crippen LogP contribution in [0.1, 0.15) is 28.4 Å². The predicted octanol–water partition coefficient (Wildman–Crippen LogP) is 4.27. The fourth-order valence-electron chi connectivity index (χ4n) is 3.21. The molecule has 1 atom stereocenters. The first-order valence-corrected chi connectivity index (χ1v) is 10.4. The molecule has 174 valence electrons. The third kappa shape index (κ3) is 6.85. The second kappa shape index (κ2) is 11.2. The van der Waals surface area contributed by atoms with Crippen molar-refractivity contribution in [3.05, 3.63) is 65.4 Å². The van der Waals surface area contributed by atoms with Crippen molar-refractivity contribution in [2.45, 2.75) is 13.0 Å². The van der Waals surface area contributed by atoms with Crippen molar-refractivity contribution in [3.8, 4) is 17.2 Å². The molecule has 0 spiro atoms. The van der Waals surface area contributed by atoms with E-state index in [9.17, 15) is 4.79 Å². The maximum Gasteiger partial charge on any atom is 0.257 e. The summed E-state index contributed by atoms with van der Waals surface area (Å²) >= 11 is 0. The molecule has 0 unspecified atom stereocenters. The third-order valence-electron chi connectivity index (χ3n) is 4.73. The number of rotatable bonds is 10. The Bertz CT molecular complexity index is 1100. The average Bonchev–Trinajstić information content (AvgIpc) is 3.21. The van der Waals surface area contributed by atoms with Gasteiger partial charge in [-0.05, 0) is 48.4 Å². The quantitative estimate of drug-likeness (QED) is 0.464. The topological polar surface area (TPSA) is 83.8 Å². The lowest BCUT2D eigenvalue weighted by atomic mass is 10.1. The number of nitrogens with one attached hydrogen (secondary N) is 1. The summed E-state index contributed by atoms with van der Waals surface area (Å²) in [6.07, 6.45) is 5.41. The lowest BCUT2D eigenvalue weighted by Gasteiger charge is -2.15. The second-order valence-electron chi connectivity index (χ2n) is 7.48. The molecular weight excluding hydrogens is 422 g/mol. The number of methoxy groups -OCH3 is 3. The van der Waals surface area contributed by atoms with E-state index in [1.165, 1.54) is 0 Å².